The van der Waals surface area contributed by atoms with Crippen LogP contribution in [0.1, 0.15) is 23.1 Å². The van der Waals surface area contributed by atoms with Gasteiger partial charge >= 0.3 is 12.1 Å². The fraction of sp³-hybridized carbons (Fsp3) is 0.433. The zero-order chi connectivity index (χ0) is 31.7. The van der Waals surface area contributed by atoms with E-state index in [-0.39, 0.29) is 32.5 Å². The van der Waals surface area contributed by atoms with Crippen LogP contribution in [0, 0.1) is 16.7 Å². The molecule has 1 aromatic heterocycles. The van der Waals surface area contributed by atoms with Crippen LogP contribution in [0.5, 0.6) is 17.2 Å². The molecule has 44 heavy (non-hydrogen) atoms. The third-order valence-corrected chi connectivity index (χ3v) is 9.54. The molecular formula is C30H31N5O9. The third-order valence-electron chi connectivity index (χ3n) is 9.54. The lowest BCUT2D eigenvalue weighted by molar-refractivity contribution is -0.178. The van der Waals surface area contributed by atoms with Crippen LogP contribution in [0.2, 0.25) is 0 Å². The van der Waals surface area contributed by atoms with E-state index in [4.69, 9.17) is 14.2 Å². The predicted octanol–water partition coefficient (Wildman–Crippen LogP) is 1.24. The Morgan fingerprint density at radius 2 is 1.43 bits per heavy atom. The third kappa shape index (κ3) is 3.69. The molecule has 1 aromatic carbocycles. The van der Waals surface area contributed by atoms with Crippen molar-refractivity contribution in [2.45, 2.75) is 25.7 Å². The quantitative estimate of drug-likeness (QED) is 0.455. The Labute approximate surface area is 252 Å². The fourth-order valence-corrected chi connectivity index (χ4v) is 7.30. The standard InChI is InChI=1S/C30H31N5O9/c1-32-23(36)29(24(37)33(2)27(32)40,9-6-16-7-10-31-11-8-16)20-13-18-17(12-19-22(21(18)42-5)44-15-43-19)14-30(20)25(38)34(3)28(41)35(4)26(30)39/h7-8,10-12,20H,6,9,13-15H2,1-5H3/t20-/m1/s1. The van der Waals surface area contributed by atoms with Gasteiger partial charge in [-0.25, -0.2) is 9.59 Å². The Balaban J connectivity index is 1.65. The van der Waals surface area contributed by atoms with Gasteiger partial charge in [-0.1, -0.05) is 0 Å². The van der Waals surface area contributed by atoms with Gasteiger partial charge in [-0.15, -0.1) is 0 Å². The normalized spacial score (nSPS) is 22.2. The summed E-state index contributed by atoms with van der Waals surface area (Å²) in [7, 11) is 6.49. The molecule has 14 nitrogen and oxygen atoms in total. The Kier molecular flexibility index (Phi) is 6.63. The summed E-state index contributed by atoms with van der Waals surface area (Å²) in [6, 6.07) is 3.45. The van der Waals surface area contributed by atoms with Crippen molar-refractivity contribution < 1.29 is 43.0 Å². The van der Waals surface area contributed by atoms with Crippen LogP contribution >= 0.6 is 0 Å². The second kappa shape index (κ2) is 10.0. The van der Waals surface area contributed by atoms with Crippen molar-refractivity contribution in [1.82, 2.24) is 24.6 Å². The van der Waals surface area contributed by atoms with E-state index in [1.807, 2.05) is 0 Å². The molecule has 14 heteroatoms. The molecule has 0 bridgehead atoms. The number of urea groups is 2. The number of fused-ring (bicyclic) bond motifs is 2. The number of hydrogen-bond acceptors (Lipinski definition) is 10. The molecule has 1 atom stereocenters. The van der Waals surface area contributed by atoms with E-state index in [0.717, 1.165) is 25.2 Å². The van der Waals surface area contributed by atoms with Crippen LogP contribution in [-0.2, 0) is 38.4 Å². The molecule has 230 valence electrons. The number of aryl methyl sites for hydroxylation is 1. The largest absolute Gasteiger partial charge is 0.492 e. The molecule has 0 radical (unpaired) electrons. The maximum Gasteiger partial charge on any atom is 0.332 e. The van der Waals surface area contributed by atoms with Gasteiger partial charge in [0.25, 0.3) is 0 Å². The number of aromatic nitrogens is 1. The Morgan fingerprint density at radius 3 is 2.00 bits per heavy atom. The van der Waals surface area contributed by atoms with Gasteiger partial charge in [0.2, 0.25) is 36.2 Å². The smallest absolute Gasteiger partial charge is 0.332 e. The van der Waals surface area contributed by atoms with Crippen LogP contribution in [0.4, 0.5) is 9.59 Å². The number of rotatable bonds is 5. The van der Waals surface area contributed by atoms with Gasteiger partial charge in [0.1, 0.15) is 10.8 Å². The highest BCUT2D eigenvalue weighted by atomic mass is 16.7. The first-order valence-corrected chi connectivity index (χ1v) is 14.0. The number of carbonyl (C=O) groups excluding carboxylic acids is 6. The number of carbonyl (C=O) groups is 6. The Morgan fingerprint density at radius 1 is 0.864 bits per heavy atom. The molecule has 1 spiro atoms. The van der Waals surface area contributed by atoms with E-state index < -0.39 is 52.4 Å². The fourth-order valence-electron chi connectivity index (χ4n) is 7.30. The monoisotopic (exact) mass is 605 g/mol. The van der Waals surface area contributed by atoms with Crippen LogP contribution < -0.4 is 14.2 Å². The summed E-state index contributed by atoms with van der Waals surface area (Å²) >= 11 is 0. The van der Waals surface area contributed by atoms with E-state index >= 15 is 0 Å². The molecule has 4 aliphatic rings. The molecule has 4 heterocycles. The molecule has 0 unspecified atom stereocenters. The number of imide groups is 4. The second-order valence-electron chi connectivity index (χ2n) is 11.5. The molecular weight excluding hydrogens is 574 g/mol. The molecule has 1 aliphatic carbocycles. The lowest BCUT2D eigenvalue weighted by atomic mass is 9.51. The zero-order valence-corrected chi connectivity index (χ0v) is 24.9. The average Bonchev–Trinajstić information content (AvgIpc) is 3.51. The van der Waals surface area contributed by atoms with Gasteiger partial charge in [0.05, 0.1) is 7.11 Å². The van der Waals surface area contributed by atoms with Gasteiger partial charge < -0.3 is 14.2 Å². The summed E-state index contributed by atoms with van der Waals surface area (Å²) < 4.78 is 17.0. The molecule has 8 amide bonds. The van der Waals surface area contributed by atoms with E-state index in [9.17, 15) is 28.8 Å². The van der Waals surface area contributed by atoms with Gasteiger partial charge in [-0.05, 0) is 55.0 Å². The lowest BCUT2D eigenvalue weighted by Crippen LogP contribution is -2.74. The SMILES string of the molecule is COc1c2c(cc3c1OCO3)CC1(C(=O)N(C)C(=O)N(C)C1=O)[C@@H](C1(CCc3ccncc3)C(=O)N(C)C(=O)N(C)C1=O)C2. The Hall–Kier alpha value is -5.01. The number of barbiturate groups is 2. The summed E-state index contributed by atoms with van der Waals surface area (Å²) in [6.07, 6.45) is 2.76. The maximum atomic E-state index is 14.5. The highest BCUT2D eigenvalue weighted by Crippen LogP contribution is 2.59. The van der Waals surface area contributed by atoms with Crippen LogP contribution in [0.3, 0.4) is 0 Å². The second-order valence-corrected chi connectivity index (χ2v) is 11.5. The highest BCUT2D eigenvalue weighted by Gasteiger charge is 2.71. The molecule has 3 aliphatic heterocycles. The number of nitrogens with zero attached hydrogens (tertiary/aromatic N) is 5. The van der Waals surface area contributed by atoms with Crippen molar-refractivity contribution in [3.63, 3.8) is 0 Å². The molecule has 0 N–H and O–H groups in total. The van der Waals surface area contributed by atoms with E-state index in [1.165, 1.54) is 35.3 Å². The van der Waals surface area contributed by atoms with Crippen molar-refractivity contribution in [2.75, 3.05) is 42.1 Å². The maximum absolute atomic E-state index is 14.5. The van der Waals surface area contributed by atoms with Crippen LogP contribution in [0.15, 0.2) is 30.6 Å². The number of ether oxygens (including phenoxy) is 3. The average molecular weight is 606 g/mol. The summed E-state index contributed by atoms with van der Waals surface area (Å²) in [5.41, 5.74) is -2.36. The minimum Gasteiger partial charge on any atom is -0.492 e. The van der Waals surface area contributed by atoms with Crippen molar-refractivity contribution >= 4 is 35.7 Å². The van der Waals surface area contributed by atoms with Crippen molar-refractivity contribution in [1.29, 1.82) is 0 Å². The summed E-state index contributed by atoms with van der Waals surface area (Å²) in [4.78, 5) is 91.3. The molecule has 2 aromatic rings. The first-order chi connectivity index (χ1) is 20.9. The Bertz CT molecular complexity index is 1590. The van der Waals surface area contributed by atoms with Crippen molar-refractivity contribution in [3.05, 3.63) is 47.3 Å². The van der Waals surface area contributed by atoms with Crippen LogP contribution in [0.25, 0.3) is 0 Å². The number of benzene rings is 1. The van der Waals surface area contributed by atoms with Crippen LogP contribution in [-0.4, -0.2) is 102 Å². The summed E-state index contributed by atoms with van der Waals surface area (Å²) in [5.74, 6) is -3.73. The van der Waals surface area contributed by atoms with Crippen molar-refractivity contribution in [3.8, 4) is 17.2 Å². The minimum absolute atomic E-state index is 0.0778. The number of hydrogen-bond donors (Lipinski definition) is 0. The molecule has 0 saturated carbocycles. The van der Waals surface area contributed by atoms with E-state index in [0.29, 0.717) is 28.4 Å². The first kappa shape index (κ1) is 29.1. The lowest BCUT2D eigenvalue weighted by Gasteiger charge is -2.55. The van der Waals surface area contributed by atoms with Gasteiger partial charge in [0.15, 0.2) is 11.5 Å². The van der Waals surface area contributed by atoms with E-state index in [2.05, 4.69) is 4.98 Å². The topological polar surface area (TPSA) is 156 Å². The number of methoxy groups -OCH3 is 1. The van der Waals surface area contributed by atoms with Crippen molar-refractivity contribution in [2.24, 2.45) is 16.7 Å². The molecule has 2 fully saturated rings. The van der Waals surface area contributed by atoms with E-state index in [1.54, 1.807) is 30.6 Å². The highest BCUT2D eigenvalue weighted by molar-refractivity contribution is 6.23. The molecule has 6 rings (SSSR count). The summed E-state index contributed by atoms with van der Waals surface area (Å²) in [6.45, 7) is -0.0778. The minimum atomic E-state index is -2.08. The molecule has 2 saturated heterocycles. The zero-order valence-electron chi connectivity index (χ0n) is 24.9. The number of pyridine rings is 1. The van der Waals surface area contributed by atoms with Gasteiger partial charge in [-0.2, -0.15) is 0 Å². The van der Waals surface area contributed by atoms with Gasteiger partial charge in [-0.3, -0.25) is 43.8 Å². The van der Waals surface area contributed by atoms with Gasteiger partial charge in [0, 0.05) is 52.1 Å². The predicted molar refractivity (Wildman–Crippen MR) is 149 cm³/mol. The number of amides is 8. The first-order valence-electron chi connectivity index (χ1n) is 14.0. The summed E-state index contributed by atoms with van der Waals surface area (Å²) in [5, 5.41) is 0.